The molecule has 0 saturated heterocycles. The highest BCUT2D eigenvalue weighted by molar-refractivity contribution is 9.10. The van der Waals surface area contributed by atoms with Gasteiger partial charge in [-0.15, -0.1) is 0 Å². The van der Waals surface area contributed by atoms with Crippen LogP contribution in [-0.4, -0.2) is 26.4 Å². The van der Waals surface area contributed by atoms with Gasteiger partial charge in [-0.2, -0.15) is 0 Å². The summed E-state index contributed by atoms with van der Waals surface area (Å²) in [7, 11) is 1.58. The van der Waals surface area contributed by atoms with Gasteiger partial charge >= 0.3 is 0 Å². The first-order valence-electron chi connectivity index (χ1n) is 6.92. The maximum absolute atomic E-state index is 12.1. The number of methoxy groups -OCH3 is 1. The predicted molar refractivity (Wildman–Crippen MR) is 90.4 cm³/mol. The summed E-state index contributed by atoms with van der Waals surface area (Å²) in [4.78, 5) is 12.1. The SMILES string of the molecule is COc1ccc(Br)cc1NCC(=O)Nc1ccc2c(c1)OCO2. The van der Waals surface area contributed by atoms with Crippen molar-refractivity contribution in [3.8, 4) is 17.2 Å². The topological polar surface area (TPSA) is 68.8 Å². The van der Waals surface area contributed by atoms with E-state index in [2.05, 4.69) is 26.6 Å². The van der Waals surface area contributed by atoms with Crippen LogP contribution in [0.2, 0.25) is 0 Å². The lowest BCUT2D eigenvalue weighted by Crippen LogP contribution is -2.21. The molecule has 0 saturated carbocycles. The standard InChI is InChI=1S/C16H15BrN2O4/c1-21-13-4-2-10(17)6-12(13)18-8-16(20)19-11-3-5-14-15(7-11)23-9-22-14/h2-7,18H,8-9H2,1H3,(H,19,20). The monoisotopic (exact) mass is 378 g/mol. The third kappa shape index (κ3) is 3.68. The number of rotatable bonds is 5. The molecular formula is C16H15BrN2O4. The van der Waals surface area contributed by atoms with Crippen LogP contribution in [0.25, 0.3) is 0 Å². The highest BCUT2D eigenvalue weighted by Gasteiger charge is 2.14. The molecule has 2 aromatic carbocycles. The molecule has 0 fully saturated rings. The second-order valence-electron chi connectivity index (χ2n) is 4.81. The van der Waals surface area contributed by atoms with E-state index in [-0.39, 0.29) is 19.2 Å². The average Bonchev–Trinajstić information content (AvgIpc) is 3.00. The number of benzene rings is 2. The molecule has 0 aliphatic carbocycles. The van der Waals surface area contributed by atoms with E-state index in [0.29, 0.717) is 22.9 Å². The normalized spacial score (nSPS) is 11.9. The number of ether oxygens (including phenoxy) is 3. The second kappa shape index (κ2) is 6.78. The minimum absolute atomic E-state index is 0.112. The van der Waals surface area contributed by atoms with Crippen LogP contribution in [0, 0.1) is 0 Å². The van der Waals surface area contributed by atoms with Crippen molar-refractivity contribution in [3.63, 3.8) is 0 Å². The van der Waals surface area contributed by atoms with Crippen LogP contribution in [0.1, 0.15) is 0 Å². The van der Waals surface area contributed by atoms with E-state index in [0.717, 1.165) is 10.2 Å². The second-order valence-corrected chi connectivity index (χ2v) is 5.73. The maximum Gasteiger partial charge on any atom is 0.243 e. The fourth-order valence-corrected chi connectivity index (χ4v) is 2.53. The largest absolute Gasteiger partial charge is 0.495 e. The minimum atomic E-state index is -0.175. The summed E-state index contributed by atoms with van der Waals surface area (Å²) in [6.07, 6.45) is 0. The van der Waals surface area contributed by atoms with Crippen LogP contribution in [-0.2, 0) is 4.79 Å². The van der Waals surface area contributed by atoms with Crippen molar-refractivity contribution in [2.45, 2.75) is 0 Å². The molecule has 0 spiro atoms. The molecule has 1 aliphatic heterocycles. The van der Waals surface area contributed by atoms with Crippen LogP contribution in [0.15, 0.2) is 40.9 Å². The molecule has 1 aliphatic rings. The Hall–Kier alpha value is -2.41. The number of fused-ring (bicyclic) bond motifs is 1. The van der Waals surface area contributed by atoms with Crippen LogP contribution in [0.5, 0.6) is 17.2 Å². The Morgan fingerprint density at radius 2 is 2.04 bits per heavy atom. The first-order valence-corrected chi connectivity index (χ1v) is 7.72. The predicted octanol–water partition coefficient (Wildman–Crippen LogP) is 3.24. The number of hydrogen-bond donors (Lipinski definition) is 2. The Labute approximate surface area is 141 Å². The van der Waals surface area contributed by atoms with Gasteiger partial charge < -0.3 is 24.8 Å². The number of carbonyl (C=O) groups is 1. The van der Waals surface area contributed by atoms with Crippen molar-refractivity contribution in [2.24, 2.45) is 0 Å². The molecule has 120 valence electrons. The van der Waals surface area contributed by atoms with Crippen molar-refractivity contribution in [3.05, 3.63) is 40.9 Å². The molecule has 3 rings (SSSR count). The van der Waals surface area contributed by atoms with E-state index in [9.17, 15) is 4.79 Å². The number of anilines is 2. The number of nitrogens with one attached hydrogen (secondary N) is 2. The summed E-state index contributed by atoms with van der Waals surface area (Å²) in [5.74, 6) is 1.80. The van der Waals surface area contributed by atoms with Crippen molar-refractivity contribution in [2.75, 3.05) is 31.1 Å². The Bertz CT molecular complexity index is 736. The van der Waals surface area contributed by atoms with Gasteiger partial charge in [-0.25, -0.2) is 0 Å². The Kier molecular flexibility index (Phi) is 4.57. The lowest BCUT2D eigenvalue weighted by atomic mass is 10.2. The molecule has 2 aromatic rings. The summed E-state index contributed by atoms with van der Waals surface area (Å²) in [6.45, 7) is 0.318. The molecule has 0 atom stereocenters. The van der Waals surface area contributed by atoms with Gasteiger partial charge in [0.2, 0.25) is 12.7 Å². The third-order valence-electron chi connectivity index (χ3n) is 3.26. The van der Waals surface area contributed by atoms with E-state index in [1.807, 2.05) is 18.2 Å². The summed E-state index contributed by atoms with van der Waals surface area (Å²) in [5.41, 5.74) is 1.39. The molecule has 0 unspecified atom stereocenters. The van der Waals surface area contributed by atoms with Crippen molar-refractivity contribution in [1.82, 2.24) is 0 Å². The quantitative estimate of drug-likeness (QED) is 0.835. The Balaban J connectivity index is 1.61. The number of hydrogen-bond acceptors (Lipinski definition) is 5. The molecular weight excluding hydrogens is 364 g/mol. The molecule has 7 heteroatoms. The molecule has 1 amide bonds. The van der Waals surface area contributed by atoms with Gasteiger partial charge in [0.1, 0.15) is 5.75 Å². The number of halogens is 1. The van der Waals surface area contributed by atoms with Crippen molar-refractivity contribution in [1.29, 1.82) is 0 Å². The van der Waals surface area contributed by atoms with Crippen LogP contribution in [0.4, 0.5) is 11.4 Å². The number of amides is 1. The molecule has 6 nitrogen and oxygen atoms in total. The molecule has 0 radical (unpaired) electrons. The average molecular weight is 379 g/mol. The molecule has 2 N–H and O–H groups in total. The molecule has 0 bridgehead atoms. The van der Waals surface area contributed by atoms with Gasteiger partial charge in [0.25, 0.3) is 0 Å². The van der Waals surface area contributed by atoms with Crippen LogP contribution in [0.3, 0.4) is 0 Å². The van der Waals surface area contributed by atoms with E-state index < -0.39 is 0 Å². The lowest BCUT2D eigenvalue weighted by molar-refractivity contribution is -0.114. The zero-order valence-corrected chi connectivity index (χ0v) is 14.0. The van der Waals surface area contributed by atoms with Crippen LogP contribution < -0.4 is 24.8 Å². The van der Waals surface area contributed by atoms with Gasteiger partial charge in [-0.1, -0.05) is 15.9 Å². The Morgan fingerprint density at radius 1 is 1.22 bits per heavy atom. The van der Waals surface area contributed by atoms with Gasteiger partial charge in [0, 0.05) is 16.2 Å². The van der Waals surface area contributed by atoms with E-state index >= 15 is 0 Å². The Morgan fingerprint density at radius 3 is 2.87 bits per heavy atom. The highest BCUT2D eigenvalue weighted by Crippen LogP contribution is 2.34. The zero-order chi connectivity index (χ0) is 16.2. The smallest absolute Gasteiger partial charge is 0.243 e. The summed E-state index contributed by atoms with van der Waals surface area (Å²) < 4.78 is 16.7. The van der Waals surface area contributed by atoms with Gasteiger partial charge in [0.05, 0.1) is 19.3 Å². The van der Waals surface area contributed by atoms with Crippen molar-refractivity contribution < 1.29 is 19.0 Å². The van der Waals surface area contributed by atoms with E-state index in [1.165, 1.54) is 0 Å². The van der Waals surface area contributed by atoms with E-state index in [1.54, 1.807) is 25.3 Å². The molecule has 1 heterocycles. The molecule has 23 heavy (non-hydrogen) atoms. The summed E-state index contributed by atoms with van der Waals surface area (Å²) in [6, 6.07) is 10.8. The first-order chi connectivity index (χ1) is 11.2. The van der Waals surface area contributed by atoms with E-state index in [4.69, 9.17) is 14.2 Å². The lowest BCUT2D eigenvalue weighted by Gasteiger charge is -2.12. The van der Waals surface area contributed by atoms with Gasteiger partial charge in [-0.05, 0) is 30.3 Å². The molecule has 0 aromatic heterocycles. The minimum Gasteiger partial charge on any atom is -0.495 e. The van der Waals surface area contributed by atoms with Gasteiger partial charge in [0.15, 0.2) is 11.5 Å². The zero-order valence-electron chi connectivity index (χ0n) is 12.4. The highest BCUT2D eigenvalue weighted by atomic mass is 79.9. The van der Waals surface area contributed by atoms with Gasteiger partial charge in [-0.3, -0.25) is 4.79 Å². The van der Waals surface area contributed by atoms with Crippen LogP contribution >= 0.6 is 15.9 Å². The maximum atomic E-state index is 12.1. The summed E-state index contributed by atoms with van der Waals surface area (Å²) >= 11 is 3.39. The first kappa shape index (κ1) is 15.5. The summed E-state index contributed by atoms with van der Waals surface area (Å²) in [5, 5.41) is 5.86. The van der Waals surface area contributed by atoms with Crippen molar-refractivity contribution >= 4 is 33.2 Å². The third-order valence-corrected chi connectivity index (χ3v) is 3.75. The fraction of sp³-hybridized carbons (Fsp3) is 0.188. The number of carbonyl (C=O) groups excluding carboxylic acids is 1. The fourth-order valence-electron chi connectivity index (χ4n) is 2.17.